The van der Waals surface area contributed by atoms with Crippen LogP contribution < -0.4 is 0 Å². The predicted molar refractivity (Wildman–Crippen MR) is 62.6 cm³/mol. The number of halogens is 1. The molecule has 14 heavy (non-hydrogen) atoms. The molecule has 1 aliphatic rings. The Morgan fingerprint density at radius 2 is 2.00 bits per heavy atom. The number of carbonyl (C=O) groups excluding carboxylic acids is 1. The highest BCUT2D eigenvalue weighted by molar-refractivity contribution is 9.10. The van der Waals surface area contributed by atoms with Crippen molar-refractivity contribution < 1.29 is 4.79 Å². The van der Waals surface area contributed by atoms with Crippen LogP contribution >= 0.6 is 27.7 Å². The summed E-state index contributed by atoms with van der Waals surface area (Å²) in [7, 11) is 0. The first kappa shape index (κ1) is 10.2. The molecule has 0 heterocycles. The largest absolute Gasteiger partial charge is 0.300 e. The predicted octanol–water partition coefficient (Wildman–Crippen LogP) is 3.66. The SMILES string of the molecule is O=C1CCC(Sc2ccc(Br)cc2)C1. The topological polar surface area (TPSA) is 17.1 Å². The summed E-state index contributed by atoms with van der Waals surface area (Å²) in [6.45, 7) is 0. The molecule has 74 valence electrons. The van der Waals surface area contributed by atoms with Crippen molar-refractivity contribution in [1.29, 1.82) is 0 Å². The van der Waals surface area contributed by atoms with Crippen LogP contribution in [0.25, 0.3) is 0 Å². The number of ketones is 1. The minimum Gasteiger partial charge on any atom is -0.300 e. The van der Waals surface area contributed by atoms with E-state index in [1.165, 1.54) is 4.90 Å². The quantitative estimate of drug-likeness (QED) is 0.816. The fourth-order valence-electron chi connectivity index (χ4n) is 1.59. The number of benzene rings is 1. The smallest absolute Gasteiger partial charge is 0.134 e. The van der Waals surface area contributed by atoms with Crippen LogP contribution in [-0.2, 0) is 4.79 Å². The lowest BCUT2D eigenvalue weighted by molar-refractivity contribution is -0.117. The Hall–Kier alpha value is -0.280. The second-order valence-electron chi connectivity index (χ2n) is 3.48. The molecule has 0 aliphatic heterocycles. The monoisotopic (exact) mass is 270 g/mol. The van der Waals surface area contributed by atoms with Crippen LogP contribution in [0.2, 0.25) is 0 Å². The summed E-state index contributed by atoms with van der Waals surface area (Å²) >= 11 is 5.23. The molecule has 1 aromatic carbocycles. The van der Waals surface area contributed by atoms with Crippen molar-refractivity contribution in [3.8, 4) is 0 Å². The van der Waals surface area contributed by atoms with E-state index < -0.39 is 0 Å². The van der Waals surface area contributed by atoms with Crippen molar-refractivity contribution in [3.05, 3.63) is 28.7 Å². The van der Waals surface area contributed by atoms with Crippen LogP contribution in [0.15, 0.2) is 33.6 Å². The first-order chi connectivity index (χ1) is 6.74. The fourth-order valence-corrected chi connectivity index (χ4v) is 3.03. The Morgan fingerprint density at radius 1 is 1.29 bits per heavy atom. The maximum atomic E-state index is 11.1. The van der Waals surface area contributed by atoms with Crippen LogP contribution in [0, 0.1) is 0 Å². The van der Waals surface area contributed by atoms with E-state index in [-0.39, 0.29) is 0 Å². The van der Waals surface area contributed by atoms with Crippen LogP contribution in [0.1, 0.15) is 19.3 Å². The molecule has 1 nitrogen and oxygen atoms in total. The molecule has 1 atom stereocenters. The number of Topliss-reactive ketones (excluding diaryl/α,β-unsaturated/α-hetero) is 1. The highest BCUT2D eigenvalue weighted by atomic mass is 79.9. The zero-order chi connectivity index (χ0) is 9.97. The third-order valence-electron chi connectivity index (χ3n) is 2.32. The summed E-state index contributed by atoms with van der Waals surface area (Å²) < 4.78 is 1.10. The van der Waals surface area contributed by atoms with Crippen molar-refractivity contribution in [1.82, 2.24) is 0 Å². The molecule has 1 saturated carbocycles. The van der Waals surface area contributed by atoms with E-state index in [0.717, 1.165) is 23.7 Å². The zero-order valence-electron chi connectivity index (χ0n) is 7.70. The molecule has 0 saturated heterocycles. The van der Waals surface area contributed by atoms with Gasteiger partial charge in [-0.3, -0.25) is 4.79 Å². The zero-order valence-corrected chi connectivity index (χ0v) is 10.1. The van der Waals surface area contributed by atoms with E-state index in [9.17, 15) is 4.79 Å². The van der Waals surface area contributed by atoms with Gasteiger partial charge in [-0.2, -0.15) is 0 Å². The van der Waals surface area contributed by atoms with E-state index in [1.807, 2.05) is 23.9 Å². The van der Waals surface area contributed by atoms with Crippen molar-refractivity contribution in [3.63, 3.8) is 0 Å². The van der Waals surface area contributed by atoms with E-state index in [0.29, 0.717) is 11.0 Å². The summed E-state index contributed by atoms with van der Waals surface area (Å²) in [5, 5.41) is 0.503. The van der Waals surface area contributed by atoms with Gasteiger partial charge in [-0.15, -0.1) is 11.8 Å². The molecular formula is C11H11BrOS. The Balaban J connectivity index is 1.97. The Labute approximate surface area is 96.4 Å². The Bertz CT molecular complexity index is 334. The van der Waals surface area contributed by atoms with E-state index >= 15 is 0 Å². The van der Waals surface area contributed by atoms with Crippen molar-refractivity contribution in [2.75, 3.05) is 0 Å². The van der Waals surface area contributed by atoms with Gasteiger partial charge in [0.2, 0.25) is 0 Å². The van der Waals surface area contributed by atoms with Crippen LogP contribution in [0.3, 0.4) is 0 Å². The number of thioether (sulfide) groups is 1. The van der Waals surface area contributed by atoms with Crippen LogP contribution in [-0.4, -0.2) is 11.0 Å². The number of carbonyl (C=O) groups is 1. The van der Waals surface area contributed by atoms with E-state index in [1.54, 1.807) is 0 Å². The Morgan fingerprint density at radius 3 is 2.57 bits per heavy atom. The molecule has 2 rings (SSSR count). The van der Waals surface area contributed by atoms with E-state index in [2.05, 4.69) is 28.1 Å². The lowest BCUT2D eigenvalue weighted by atomic mass is 10.4. The van der Waals surface area contributed by atoms with Gasteiger partial charge < -0.3 is 0 Å². The van der Waals surface area contributed by atoms with Crippen molar-refractivity contribution in [2.45, 2.75) is 29.4 Å². The molecule has 1 aliphatic carbocycles. The van der Waals surface area contributed by atoms with Crippen LogP contribution in [0.4, 0.5) is 0 Å². The summed E-state index contributed by atoms with van der Waals surface area (Å²) in [4.78, 5) is 12.3. The molecule has 3 heteroatoms. The molecular weight excluding hydrogens is 260 g/mol. The van der Waals surface area contributed by atoms with Gasteiger partial charge in [0.25, 0.3) is 0 Å². The third-order valence-corrected chi connectivity index (χ3v) is 4.13. The van der Waals surface area contributed by atoms with Crippen molar-refractivity contribution >= 4 is 33.5 Å². The van der Waals surface area contributed by atoms with Gasteiger partial charge in [-0.05, 0) is 30.7 Å². The standard InChI is InChI=1S/C11H11BrOS/c12-8-1-4-10(5-2-8)14-11-6-3-9(13)7-11/h1-2,4-5,11H,3,6-7H2. The van der Waals surface area contributed by atoms with Gasteiger partial charge in [-0.25, -0.2) is 0 Å². The lowest BCUT2D eigenvalue weighted by Crippen LogP contribution is -1.95. The molecule has 1 aromatic rings. The number of hydrogen-bond acceptors (Lipinski definition) is 2. The molecule has 0 radical (unpaired) electrons. The second-order valence-corrected chi connectivity index (χ2v) is 5.76. The molecule has 0 bridgehead atoms. The van der Waals surface area contributed by atoms with Gasteiger partial charge in [0, 0.05) is 27.5 Å². The highest BCUT2D eigenvalue weighted by Gasteiger charge is 2.22. The first-order valence-electron chi connectivity index (χ1n) is 4.68. The highest BCUT2D eigenvalue weighted by Crippen LogP contribution is 2.33. The van der Waals surface area contributed by atoms with Crippen LogP contribution in [0.5, 0.6) is 0 Å². The molecule has 1 unspecified atom stereocenters. The number of rotatable bonds is 2. The molecule has 0 aromatic heterocycles. The maximum absolute atomic E-state index is 11.1. The molecule has 0 amide bonds. The summed E-state index contributed by atoms with van der Waals surface area (Å²) in [6.07, 6.45) is 2.56. The molecule has 0 N–H and O–H groups in total. The van der Waals surface area contributed by atoms with Gasteiger partial charge >= 0.3 is 0 Å². The normalized spacial score (nSPS) is 21.5. The fraction of sp³-hybridized carbons (Fsp3) is 0.364. The van der Waals surface area contributed by atoms with Crippen molar-refractivity contribution in [2.24, 2.45) is 0 Å². The average molecular weight is 271 g/mol. The second kappa shape index (κ2) is 4.49. The molecule has 1 fully saturated rings. The van der Waals surface area contributed by atoms with Gasteiger partial charge in [0.05, 0.1) is 0 Å². The molecule has 0 spiro atoms. The summed E-state index contributed by atoms with van der Waals surface area (Å²) in [6, 6.07) is 8.27. The number of hydrogen-bond donors (Lipinski definition) is 0. The minimum absolute atomic E-state index is 0.416. The lowest BCUT2D eigenvalue weighted by Gasteiger charge is -2.07. The summed E-state index contributed by atoms with van der Waals surface area (Å²) in [5.41, 5.74) is 0. The maximum Gasteiger partial charge on any atom is 0.134 e. The van der Waals surface area contributed by atoms with Gasteiger partial charge in [0.1, 0.15) is 5.78 Å². The summed E-state index contributed by atoms with van der Waals surface area (Å²) in [5.74, 6) is 0.416. The van der Waals surface area contributed by atoms with Gasteiger partial charge in [0.15, 0.2) is 0 Å². The van der Waals surface area contributed by atoms with Gasteiger partial charge in [-0.1, -0.05) is 15.9 Å². The average Bonchev–Trinajstić information content (AvgIpc) is 2.56. The first-order valence-corrected chi connectivity index (χ1v) is 6.35. The third kappa shape index (κ3) is 2.61. The van der Waals surface area contributed by atoms with E-state index in [4.69, 9.17) is 0 Å². The Kier molecular flexibility index (Phi) is 3.29. The minimum atomic E-state index is 0.416.